The first-order valence-corrected chi connectivity index (χ1v) is 8.29. The van der Waals surface area contributed by atoms with Crippen molar-refractivity contribution in [2.45, 2.75) is 32.2 Å². The molecule has 1 saturated carbocycles. The van der Waals surface area contributed by atoms with Gasteiger partial charge in [-0.25, -0.2) is 4.98 Å². The van der Waals surface area contributed by atoms with Gasteiger partial charge in [0.2, 0.25) is 5.91 Å². The smallest absolute Gasteiger partial charge is 0.224 e. The lowest BCUT2D eigenvalue weighted by Gasteiger charge is -2.09. The van der Waals surface area contributed by atoms with Gasteiger partial charge in [0, 0.05) is 29.4 Å². The number of aromatic nitrogens is 2. The molecule has 1 aliphatic carbocycles. The summed E-state index contributed by atoms with van der Waals surface area (Å²) >= 11 is 0. The molecule has 1 N–H and O–H groups in total. The minimum absolute atomic E-state index is 0.106. The first-order valence-electron chi connectivity index (χ1n) is 8.29. The Morgan fingerprint density at radius 3 is 2.88 bits per heavy atom. The SMILES string of the molecule is Cc1cc(-c2cccnc2)nc2ccc(CC(=O)NC3CC3)cc12. The summed E-state index contributed by atoms with van der Waals surface area (Å²) in [4.78, 5) is 20.9. The van der Waals surface area contributed by atoms with Gasteiger partial charge in [-0.1, -0.05) is 6.07 Å². The van der Waals surface area contributed by atoms with Crippen LogP contribution in [0.5, 0.6) is 0 Å². The van der Waals surface area contributed by atoms with Gasteiger partial charge in [-0.15, -0.1) is 0 Å². The minimum Gasteiger partial charge on any atom is -0.353 e. The van der Waals surface area contributed by atoms with Crippen LogP contribution >= 0.6 is 0 Å². The Morgan fingerprint density at radius 2 is 2.12 bits per heavy atom. The van der Waals surface area contributed by atoms with Gasteiger partial charge in [0.05, 0.1) is 17.6 Å². The Labute approximate surface area is 141 Å². The van der Waals surface area contributed by atoms with Crippen molar-refractivity contribution in [3.63, 3.8) is 0 Å². The average molecular weight is 317 g/mol. The van der Waals surface area contributed by atoms with E-state index < -0.39 is 0 Å². The molecule has 0 spiro atoms. The first-order chi connectivity index (χ1) is 11.7. The number of carbonyl (C=O) groups is 1. The van der Waals surface area contributed by atoms with Crippen LogP contribution < -0.4 is 5.32 Å². The quantitative estimate of drug-likeness (QED) is 0.802. The molecule has 2 aromatic heterocycles. The molecule has 4 rings (SSSR count). The van der Waals surface area contributed by atoms with E-state index in [4.69, 9.17) is 4.98 Å². The predicted molar refractivity (Wildman–Crippen MR) is 94.6 cm³/mol. The number of hydrogen-bond acceptors (Lipinski definition) is 3. The minimum atomic E-state index is 0.106. The molecule has 1 aromatic carbocycles. The monoisotopic (exact) mass is 317 g/mol. The summed E-state index contributed by atoms with van der Waals surface area (Å²) < 4.78 is 0. The maximum absolute atomic E-state index is 12.0. The summed E-state index contributed by atoms with van der Waals surface area (Å²) in [5.41, 5.74) is 5.06. The lowest BCUT2D eigenvalue weighted by molar-refractivity contribution is -0.120. The largest absolute Gasteiger partial charge is 0.353 e. The fourth-order valence-corrected chi connectivity index (χ4v) is 2.91. The molecular formula is C20H19N3O. The molecule has 0 aliphatic heterocycles. The summed E-state index contributed by atoms with van der Waals surface area (Å²) in [5, 5.41) is 4.13. The van der Waals surface area contributed by atoms with Crippen molar-refractivity contribution >= 4 is 16.8 Å². The number of hydrogen-bond donors (Lipinski definition) is 1. The molecule has 120 valence electrons. The highest BCUT2D eigenvalue weighted by atomic mass is 16.1. The molecule has 4 nitrogen and oxygen atoms in total. The van der Waals surface area contributed by atoms with Gasteiger partial charge in [0.15, 0.2) is 0 Å². The van der Waals surface area contributed by atoms with Gasteiger partial charge < -0.3 is 5.32 Å². The third kappa shape index (κ3) is 3.13. The molecule has 0 unspecified atom stereocenters. The molecule has 0 atom stereocenters. The van der Waals surface area contributed by atoms with Crippen LogP contribution in [-0.2, 0) is 11.2 Å². The van der Waals surface area contributed by atoms with Crippen LogP contribution in [0.1, 0.15) is 24.0 Å². The third-order valence-electron chi connectivity index (χ3n) is 4.34. The first kappa shape index (κ1) is 14.8. The van der Waals surface area contributed by atoms with E-state index in [1.54, 1.807) is 6.20 Å². The van der Waals surface area contributed by atoms with Gasteiger partial charge in [-0.05, 0) is 61.2 Å². The van der Waals surface area contributed by atoms with Crippen LogP contribution in [-0.4, -0.2) is 21.9 Å². The topological polar surface area (TPSA) is 54.9 Å². The molecule has 2 heterocycles. The molecule has 4 heteroatoms. The van der Waals surface area contributed by atoms with E-state index in [-0.39, 0.29) is 5.91 Å². The van der Waals surface area contributed by atoms with Crippen LogP contribution in [0.4, 0.5) is 0 Å². The van der Waals surface area contributed by atoms with Crippen molar-refractivity contribution in [3.8, 4) is 11.3 Å². The second-order valence-corrected chi connectivity index (χ2v) is 6.44. The van der Waals surface area contributed by atoms with Gasteiger partial charge >= 0.3 is 0 Å². The van der Waals surface area contributed by atoms with Gasteiger partial charge in [-0.3, -0.25) is 9.78 Å². The Morgan fingerprint density at radius 1 is 1.25 bits per heavy atom. The Hall–Kier alpha value is -2.75. The van der Waals surface area contributed by atoms with Gasteiger partial charge in [0.1, 0.15) is 0 Å². The highest BCUT2D eigenvalue weighted by Gasteiger charge is 2.23. The lowest BCUT2D eigenvalue weighted by atomic mass is 10.0. The van der Waals surface area contributed by atoms with Gasteiger partial charge in [0.25, 0.3) is 0 Å². The van der Waals surface area contributed by atoms with E-state index in [1.165, 1.54) is 0 Å². The number of benzene rings is 1. The zero-order chi connectivity index (χ0) is 16.5. The number of nitrogens with one attached hydrogen (secondary N) is 1. The standard InChI is InChI=1S/C20H19N3O/c1-13-9-19(15-3-2-8-21-12-15)23-18-7-4-14(10-17(13)18)11-20(24)22-16-5-6-16/h2-4,7-10,12,16H,5-6,11H2,1H3,(H,22,24). The van der Waals surface area contributed by atoms with E-state index in [9.17, 15) is 4.79 Å². The van der Waals surface area contributed by atoms with Crippen molar-refractivity contribution < 1.29 is 4.79 Å². The molecule has 24 heavy (non-hydrogen) atoms. The van der Waals surface area contributed by atoms with E-state index in [2.05, 4.69) is 29.4 Å². The second-order valence-electron chi connectivity index (χ2n) is 6.44. The van der Waals surface area contributed by atoms with Crippen LogP contribution in [0.15, 0.2) is 48.8 Å². The molecule has 0 saturated heterocycles. The highest BCUT2D eigenvalue weighted by Crippen LogP contribution is 2.25. The van der Waals surface area contributed by atoms with Gasteiger partial charge in [-0.2, -0.15) is 0 Å². The average Bonchev–Trinajstić information content (AvgIpc) is 3.40. The molecule has 3 aromatic rings. The van der Waals surface area contributed by atoms with Crippen LogP contribution in [0, 0.1) is 6.92 Å². The van der Waals surface area contributed by atoms with E-state index in [0.717, 1.165) is 46.1 Å². The van der Waals surface area contributed by atoms with Crippen molar-refractivity contribution in [2.75, 3.05) is 0 Å². The number of amides is 1. The van der Waals surface area contributed by atoms with E-state index >= 15 is 0 Å². The van der Waals surface area contributed by atoms with Crippen molar-refractivity contribution in [3.05, 3.63) is 59.9 Å². The molecule has 1 amide bonds. The fourth-order valence-electron chi connectivity index (χ4n) is 2.91. The maximum atomic E-state index is 12.0. The fraction of sp³-hybridized carbons (Fsp3) is 0.250. The summed E-state index contributed by atoms with van der Waals surface area (Å²) in [5.74, 6) is 0.106. The van der Waals surface area contributed by atoms with Crippen molar-refractivity contribution in [1.82, 2.24) is 15.3 Å². The summed E-state index contributed by atoms with van der Waals surface area (Å²) in [6.07, 6.45) is 6.24. The number of carbonyl (C=O) groups excluding carboxylic acids is 1. The number of rotatable bonds is 4. The molecule has 0 bridgehead atoms. The zero-order valence-electron chi connectivity index (χ0n) is 13.6. The summed E-state index contributed by atoms with van der Waals surface area (Å²) in [6.45, 7) is 2.08. The van der Waals surface area contributed by atoms with E-state index in [1.807, 2.05) is 30.5 Å². The number of aryl methyl sites for hydroxylation is 1. The van der Waals surface area contributed by atoms with Crippen molar-refractivity contribution in [1.29, 1.82) is 0 Å². The van der Waals surface area contributed by atoms with Crippen LogP contribution in [0.2, 0.25) is 0 Å². The molecule has 0 radical (unpaired) electrons. The number of nitrogens with zero attached hydrogens (tertiary/aromatic N) is 2. The number of pyridine rings is 2. The number of fused-ring (bicyclic) bond motifs is 1. The molecular weight excluding hydrogens is 298 g/mol. The third-order valence-corrected chi connectivity index (χ3v) is 4.34. The molecule has 1 fully saturated rings. The lowest BCUT2D eigenvalue weighted by Crippen LogP contribution is -2.26. The Balaban J connectivity index is 1.65. The summed E-state index contributed by atoms with van der Waals surface area (Å²) in [7, 11) is 0. The zero-order valence-corrected chi connectivity index (χ0v) is 13.6. The Bertz CT molecular complexity index is 901. The second kappa shape index (κ2) is 6.04. The van der Waals surface area contributed by atoms with Crippen LogP contribution in [0.3, 0.4) is 0 Å². The van der Waals surface area contributed by atoms with E-state index in [0.29, 0.717) is 12.5 Å². The highest BCUT2D eigenvalue weighted by molar-refractivity contribution is 5.87. The summed E-state index contributed by atoms with van der Waals surface area (Å²) in [6, 6.07) is 12.5. The van der Waals surface area contributed by atoms with Crippen molar-refractivity contribution in [2.24, 2.45) is 0 Å². The predicted octanol–water partition coefficient (Wildman–Crippen LogP) is 3.43. The Kier molecular flexibility index (Phi) is 3.73. The maximum Gasteiger partial charge on any atom is 0.224 e. The van der Waals surface area contributed by atoms with Crippen LogP contribution in [0.25, 0.3) is 22.2 Å². The molecule has 1 aliphatic rings. The normalized spacial score (nSPS) is 13.9.